The summed E-state index contributed by atoms with van der Waals surface area (Å²) in [4.78, 5) is 114. The highest BCUT2D eigenvalue weighted by Crippen LogP contribution is 2.30. The first-order chi connectivity index (χ1) is 34.6. The number of hydrogen-bond donors (Lipinski definition) is 4. The number of unbranched alkanes of at least 4 members (excludes halogenated alkanes) is 1. The lowest BCUT2D eigenvalue weighted by Gasteiger charge is -2.38. The van der Waals surface area contributed by atoms with E-state index in [4.69, 9.17) is 0 Å². The number of carbonyl (C=O) groups excluding carboxylic acids is 7. The van der Waals surface area contributed by atoms with E-state index < -0.39 is 89.2 Å². The van der Waals surface area contributed by atoms with Gasteiger partial charge in [0.05, 0.1) is 5.54 Å². The standard InChI is InChI=1S/C56H77N9O7S/c1-12-14-21-41-48(66)61-43(31-39-33-65(56(8,9)13-2)44-22-18-17-20-40(39)44)54(71)63(11)46(27-34(3)4)50(68)60-42(30-37-29-38-24-26-73-52(38)57-32-37)49(67)58-36(7)53(70)62(10)45-23-16-15-19-25-64(55(45)72)47(28-35(5)6)51(69)59-41/h13,15-18,20,22,24,26,29,32-36,41-43,45-47H,2,12,14,19,21,23,25,27-28,30-31H2,1,3-11H3,(H,58,67)(H,59,69)(H,60,68)(H,61,66)/b16-15-/t36-,41-,42?,43-,45-,46-,47-/m0/s1. The molecular formula is C56H77N9O7S. The summed E-state index contributed by atoms with van der Waals surface area (Å²) in [5.74, 6) is -4.08. The number of nitrogens with zero attached hydrogens (tertiary/aromatic N) is 5. The minimum absolute atomic E-state index is 0.00124. The molecular weight excluding hydrogens is 943 g/mol. The molecule has 3 aromatic heterocycles. The molecule has 1 fully saturated rings. The highest BCUT2D eigenvalue weighted by atomic mass is 32.1. The predicted octanol–water partition coefficient (Wildman–Crippen LogP) is 6.41. The summed E-state index contributed by atoms with van der Waals surface area (Å²) in [6.45, 7) is 19.6. The van der Waals surface area contributed by atoms with Crippen molar-refractivity contribution in [3.8, 4) is 0 Å². The number of aromatic nitrogens is 2. The monoisotopic (exact) mass is 1020 g/mol. The third-order valence-corrected chi connectivity index (χ3v) is 15.1. The van der Waals surface area contributed by atoms with Crippen molar-refractivity contribution in [3.05, 3.63) is 90.1 Å². The number of allylic oxidation sites excluding steroid dienone is 1. The van der Waals surface area contributed by atoms with Gasteiger partial charge in [-0.1, -0.05) is 83.9 Å². The van der Waals surface area contributed by atoms with Crippen molar-refractivity contribution in [2.75, 3.05) is 20.6 Å². The SMILES string of the molecule is C=CC(C)(C)n1cc(C[C@@H]2NC(=O)[C@H](CCCC)NC(=O)[C@H](CC(C)C)N3CC/C=C\C[C@@H](C3=O)N(C)C(=O)[C@H](C)NC(=O)C(Cc3cnc4sccc4c3)NC(=O)[C@H](CC(C)C)N(C)C2=O)c2ccccc21. The summed E-state index contributed by atoms with van der Waals surface area (Å²) in [5.41, 5.74) is 1.79. The lowest BCUT2D eigenvalue weighted by atomic mass is 9.97. The fourth-order valence-electron chi connectivity index (χ4n) is 9.89. The number of hydrogen-bond acceptors (Lipinski definition) is 9. The molecule has 0 saturated carbocycles. The van der Waals surface area contributed by atoms with Crippen LogP contribution >= 0.6 is 11.3 Å². The summed E-state index contributed by atoms with van der Waals surface area (Å²) >= 11 is 1.48. The summed E-state index contributed by atoms with van der Waals surface area (Å²) in [6.07, 6.45) is 11.9. The highest BCUT2D eigenvalue weighted by molar-refractivity contribution is 7.16. The second-order valence-electron chi connectivity index (χ2n) is 21.3. The molecule has 1 saturated heterocycles. The molecule has 7 amide bonds. The topological polar surface area (TPSA) is 195 Å². The molecule has 73 heavy (non-hydrogen) atoms. The second kappa shape index (κ2) is 24.6. The maximum atomic E-state index is 15.4. The van der Waals surface area contributed by atoms with Crippen LogP contribution in [0.25, 0.3) is 21.1 Å². The number of thiophene rings is 1. The molecule has 5 heterocycles. The Hall–Kier alpha value is -6.36. The van der Waals surface area contributed by atoms with Crippen LogP contribution in [-0.2, 0) is 51.9 Å². The molecule has 0 radical (unpaired) electrons. The highest BCUT2D eigenvalue weighted by Gasteiger charge is 2.41. The Morgan fingerprint density at radius 3 is 2.15 bits per heavy atom. The largest absolute Gasteiger partial charge is 0.343 e. The van der Waals surface area contributed by atoms with E-state index in [1.54, 1.807) is 6.20 Å². The first kappa shape index (κ1) is 55.9. The van der Waals surface area contributed by atoms with Crippen LogP contribution in [0.2, 0.25) is 0 Å². The average Bonchev–Trinajstić information content (AvgIpc) is 3.98. The van der Waals surface area contributed by atoms with Crippen molar-refractivity contribution in [3.63, 3.8) is 0 Å². The summed E-state index contributed by atoms with van der Waals surface area (Å²) in [6, 6.07) is 3.77. The number of rotatable bonds is 13. The first-order valence-corrected chi connectivity index (χ1v) is 26.8. The minimum atomic E-state index is -1.24. The minimum Gasteiger partial charge on any atom is -0.343 e. The molecule has 7 atom stereocenters. The summed E-state index contributed by atoms with van der Waals surface area (Å²) < 4.78 is 2.08. The van der Waals surface area contributed by atoms with Crippen molar-refractivity contribution in [2.24, 2.45) is 11.8 Å². The van der Waals surface area contributed by atoms with Crippen molar-refractivity contribution >= 4 is 73.8 Å². The molecule has 16 nitrogen and oxygen atoms in total. The third kappa shape index (κ3) is 13.4. The molecule has 0 spiro atoms. The summed E-state index contributed by atoms with van der Waals surface area (Å²) in [5, 5.41) is 15.5. The van der Waals surface area contributed by atoms with Crippen LogP contribution in [0, 0.1) is 11.8 Å². The third-order valence-electron chi connectivity index (χ3n) is 14.2. The number of carbonyl (C=O) groups is 7. The van der Waals surface area contributed by atoms with Crippen LogP contribution in [0.15, 0.2) is 79.0 Å². The van der Waals surface area contributed by atoms with E-state index in [1.165, 1.54) is 47.1 Å². The molecule has 2 bridgehead atoms. The maximum absolute atomic E-state index is 15.4. The van der Waals surface area contributed by atoms with Gasteiger partial charge in [0.2, 0.25) is 41.4 Å². The van der Waals surface area contributed by atoms with Crippen LogP contribution in [0.5, 0.6) is 0 Å². The van der Waals surface area contributed by atoms with Crippen LogP contribution in [0.3, 0.4) is 0 Å². The van der Waals surface area contributed by atoms with Gasteiger partial charge in [0.1, 0.15) is 47.1 Å². The molecule has 1 unspecified atom stereocenters. The molecule has 4 aromatic rings. The van der Waals surface area contributed by atoms with E-state index in [9.17, 15) is 28.8 Å². The number of fused-ring (bicyclic) bond motifs is 4. The van der Waals surface area contributed by atoms with Crippen LogP contribution in [-0.4, -0.2) is 129 Å². The van der Waals surface area contributed by atoms with Gasteiger partial charge in [-0.2, -0.15) is 0 Å². The molecule has 394 valence electrons. The van der Waals surface area contributed by atoms with Gasteiger partial charge < -0.3 is 40.5 Å². The van der Waals surface area contributed by atoms with Crippen molar-refractivity contribution in [1.82, 2.24) is 45.5 Å². The van der Waals surface area contributed by atoms with Gasteiger partial charge in [0.25, 0.3) is 0 Å². The van der Waals surface area contributed by atoms with Crippen molar-refractivity contribution in [2.45, 2.75) is 161 Å². The van der Waals surface area contributed by atoms with E-state index in [2.05, 4.69) is 37.4 Å². The van der Waals surface area contributed by atoms with Gasteiger partial charge in [0, 0.05) is 62.2 Å². The summed E-state index contributed by atoms with van der Waals surface area (Å²) in [7, 11) is 3.04. The number of likely N-dealkylation sites (N-methyl/N-ethyl adjacent to an activating group) is 2. The van der Waals surface area contributed by atoms with Crippen LogP contribution < -0.4 is 21.3 Å². The smallest absolute Gasteiger partial charge is 0.246 e. The lowest BCUT2D eigenvalue weighted by Crippen LogP contribution is -2.61. The Morgan fingerprint density at radius 2 is 1.45 bits per heavy atom. The Balaban J connectivity index is 1.50. The quantitative estimate of drug-likeness (QED) is 0.110. The molecule has 17 heteroatoms. The van der Waals surface area contributed by atoms with Gasteiger partial charge in [-0.05, 0) is 99.4 Å². The first-order valence-electron chi connectivity index (χ1n) is 25.9. The average molecular weight is 1020 g/mol. The van der Waals surface area contributed by atoms with Gasteiger partial charge in [0.15, 0.2) is 0 Å². The molecule has 2 aliphatic heterocycles. The number of benzene rings is 1. The maximum Gasteiger partial charge on any atom is 0.246 e. The molecule has 6 rings (SSSR count). The molecule has 0 aliphatic carbocycles. The van der Waals surface area contributed by atoms with E-state index in [-0.39, 0.29) is 56.9 Å². The van der Waals surface area contributed by atoms with E-state index in [0.717, 1.165) is 26.7 Å². The Kier molecular flexibility index (Phi) is 18.8. The zero-order valence-corrected chi connectivity index (χ0v) is 45.2. The Bertz CT molecular complexity index is 2690. The van der Waals surface area contributed by atoms with Gasteiger partial charge in [-0.15, -0.1) is 17.9 Å². The number of pyridine rings is 1. The van der Waals surface area contributed by atoms with Gasteiger partial charge >= 0.3 is 0 Å². The molecule has 4 N–H and O–H groups in total. The molecule has 1 aromatic carbocycles. The zero-order valence-electron chi connectivity index (χ0n) is 44.4. The number of para-hydroxylation sites is 1. The number of nitrogens with one attached hydrogen (secondary N) is 4. The Morgan fingerprint density at radius 1 is 0.795 bits per heavy atom. The zero-order chi connectivity index (χ0) is 53.3. The second-order valence-corrected chi connectivity index (χ2v) is 22.1. The van der Waals surface area contributed by atoms with Gasteiger partial charge in [-0.3, -0.25) is 33.6 Å². The van der Waals surface area contributed by atoms with E-state index in [1.807, 2.05) is 115 Å². The lowest BCUT2D eigenvalue weighted by molar-refractivity contribution is -0.150. The van der Waals surface area contributed by atoms with Crippen molar-refractivity contribution in [1.29, 1.82) is 0 Å². The fraction of sp³-hybridized carbons (Fsp3) is 0.536. The fourth-order valence-corrected chi connectivity index (χ4v) is 10.6. The predicted molar refractivity (Wildman–Crippen MR) is 287 cm³/mol. The van der Waals surface area contributed by atoms with Crippen LogP contribution in [0.4, 0.5) is 0 Å². The Labute approximate surface area is 434 Å². The van der Waals surface area contributed by atoms with E-state index >= 15 is 4.79 Å². The van der Waals surface area contributed by atoms with Gasteiger partial charge in [-0.25, -0.2) is 4.98 Å². The van der Waals surface area contributed by atoms with Crippen LogP contribution in [0.1, 0.15) is 111 Å². The normalized spacial score (nSPS) is 24.2. The number of amides is 7. The van der Waals surface area contributed by atoms with E-state index in [0.29, 0.717) is 24.8 Å². The van der Waals surface area contributed by atoms with Crippen molar-refractivity contribution < 1.29 is 33.6 Å². The molecule has 2 aliphatic rings.